The number of para-hydroxylation sites is 1. The van der Waals surface area contributed by atoms with Crippen LogP contribution in [0.3, 0.4) is 0 Å². The number of methoxy groups -OCH3 is 1. The number of pyridine rings is 1. The Labute approximate surface area is 132 Å². The second-order valence-electron chi connectivity index (χ2n) is 4.36. The van der Waals surface area contributed by atoms with E-state index in [9.17, 15) is 0 Å². The molecule has 0 fully saturated rings. The third-order valence-electron chi connectivity index (χ3n) is 2.99. The molecular weight excluding hydrogens is 298 g/mol. The predicted octanol–water partition coefficient (Wildman–Crippen LogP) is 2.89. The molecule has 1 aromatic carbocycles. The lowest BCUT2D eigenvalue weighted by Crippen LogP contribution is -1.97. The molecule has 0 amide bonds. The minimum absolute atomic E-state index is 0.396. The third kappa shape index (κ3) is 2.79. The van der Waals surface area contributed by atoms with Crippen LogP contribution in [0.2, 0.25) is 0 Å². The third-order valence-corrected chi connectivity index (χ3v) is 3.26. The van der Waals surface area contributed by atoms with Crippen LogP contribution in [0.15, 0.2) is 53.8 Å². The van der Waals surface area contributed by atoms with E-state index in [1.54, 1.807) is 24.2 Å². The van der Waals surface area contributed by atoms with E-state index in [0.29, 0.717) is 16.3 Å². The summed E-state index contributed by atoms with van der Waals surface area (Å²) in [7, 11) is 1.61. The quantitative estimate of drug-likeness (QED) is 0.594. The maximum absolute atomic E-state index is 5.36. The molecular formula is C15H13N5OS. The van der Waals surface area contributed by atoms with Crippen molar-refractivity contribution >= 4 is 18.4 Å². The normalized spacial score (nSPS) is 11.0. The summed E-state index contributed by atoms with van der Waals surface area (Å²) < 4.78 is 7.30. The fourth-order valence-electron chi connectivity index (χ4n) is 1.97. The summed E-state index contributed by atoms with van der Waals surface area (Å²) in [4.78, 5) is 4.19. The van der Waals surface area contributed by atoms with Crippen LogP contribution in [-0.4, -0.2) is 33.2 Å². The van der Waals surface area contributed by atoms with Crippen molar-refractivity contribution in [1.29, 1.82) is 0 Å². The number of aromatic nitrogens is 4. The van der Waals surface area contributed by atoms with E-state index < -0.39 is 0 Å². The number of ether oxygens (including phenoxy) is 1. The molecule has 0 radical (unpaired) electrons. The van der Waals surface area contributed by atoms with Gasteiger partial charge in [0.1, 0.15) is 5.75 Å². The van der Waals surface area contributed by atoms with E-state index in [1.807, 2.05) is 42.5 Å². The van der Waals surface area contributed by atoms with Crippen molar-refractivity contribution in [3.05, 3.63) is 59.1 Å². The van der Waals surface area contributed by atoms with Gasteiger partial charge in [0.2, 0.25) is 4.77 Å². The van der Waals surface area contributed by atoms with Gasteiger partial charge in [-0.3, -0.25) is 4.98 Å². The highest BCUT2D eigenvalue weighted by Gasteiger charge is 2.12. The minimum atomic E-state index is 0.396. The molecule has 0 aliphatic carbocycles. The van der Waals surface area contributed by atoms with Crippen molar-refractivity contribution in [2.24, 2.45) is 5.10 Å². The van der Waals surface area contributed by atoms with E-state index in [4.69, 9.17) is 17.0 Å². The average molecular weight is 311 g/mol. The Hall–Kier alpha value is -2.80. The summed E-state index contributed by atoms with van der Waals surface area (Å²) in [5.41, 5.74) is 1.53. The van der Waals surface area contributed by atoms with E-state index in [0.717, 1.165) is 11.3 Å². The Morgan fingerprint density at radius 1 is 1.23 bits per heavy atom. The molecule has 3 aromatic rings. The largest absolute Gasteiger partial charge is 0.496 e. The lowest BCUT2D eigenvalue weighted by molar-refractivity contribution is 0.416. The summed E-state index contributed by atoms with van der Waals surface area (Å²) in [6, 6.07) is 13.2. The molecule has 7 heteroatoms. The molecule has 0 aliphatic heterocycles. The average Bonchev–Trinajstić information content (AvgIpc) is 2.94. The SMILES string of the molecule is COc1ccccc1-c1n[nH]c(=S)n1/N=C\c1ccccn1. The highest BCUT2D eigenvalue weighted by Crippen LogP contribution is 2.27. The number of rotatable bonds is 4. The zero-order valence-corrected chi connectivity index (χ0v) is 12.6. The number of benzene rings is 1. The number of nitrogens with one attached hydrogen (secondary N) is 1. The van der Waals surface area contributed by atoms with Gasteiger partial charge in [0, 0.05) is 6.20 Å². The zero-order valence-electron chi connectivity index (χ0n) is 11.8. The van der Waals surface area contributed by atoms with Gasteiger partial charge in [-0.15, -0.1) is 0 Å². The number of H-pyrrole nitrogens is 1. The van der Waals surface area contributed by atoms with Crippen LogP contribution < -0.4 is 4.74 Å². The van der Waals surface area contributed by atoms with Gasteiger partial charge < -0.3 is 4.74 Å². The summed E-state index contributed by atoms with van der Waals surface area (Å²) in [6.45, 7) is 0. The minimum Gasteiger partial charge on any atom is -0.496 e. The Balaban J connectivity index is 2.05. The smallest absolute Gasteiger partial charge is 0.216 e. The molecule has 0 saturated carbocycles. The topological polar surface area (TPSA) is 68.1 Å². The molecule has 2 heterocycles. The molecule has 1 N–H and O–H groups in total. The van der Waals surface area contributed by atoms with Crippen LogP contribution in [0.25, 0.3) is 11.4 Å². The van der Waals surface area contributed by atoms with Crippen LogP contribution in [0.5, 0.6) is 5.75 Å². The molecule has 6 nitrogen and oxygen atoms in total. The Morgan fingerprint density at radius 3 is 2.82 bits per heavy atom. The van der Waals surface area contributed by atoms with Gasteiger partial charge in [-0.25, -0.2) is 5.10 Å². The fraction of sp³-hybridized carbons (Fsp3) is 0.0667. The maximum Gasteiger partial charge on any atom is 0.216 e. The van der Waals surface area contributed by atoms with Crippen molar-refractivity contribution < 1.29 is 4.74 Å². The van der Waals surface area contributed by atoms with E-state index >= 15 is 0 Å². The molecule has 0 spiro atoms. The molecule has 0 unspecified atom stereocenters. The molecule has 0 aliphatic rings. The van der Waals surface area contributed by atoms with E-state index in [2.05, 4.69) is 20.3 Å². The molecule has 0 bridgehead atoms. The second kappa shape index (κ2) is 6.31. The van der Waals surface area contributed by atoms with Crippen molar-refractivity contribution in [2.45, 2.75) is 0 Å². The first-order chi connectivity index (χ1) is 10.8. The Bertz CT molecular complexity index is 854. The monoisotopic (exact) mass is 311 g/mol. The van der Waals surface area contributed by atoms with Gasteiger partial charge in [-0.05, 0) is 36.5 Å². The highest BCUT2D eigenvalue weighted by atomic mass is 32.1. The first-order valence-corrected chi connectivity index (χ1v) is 6.96. The van der Waals surface area contributed by atoms with Crippen molar-refractivity contribution in [3.63, 3.8) is 0 Å². The maximum atomic E-state index is 5.36. The summed E-state index contributed by atoms with van der Waals surface area (Å²) in [6.07, 6.45) is 3.33. The number of aromatic amines is 1. The summed E-state index contributed by atoms with van der Waals surface area (Å²) in [5, 5.41) is 11.4. The van der Waals surface area contributed by atoms with Gasteiger partial charge in [0.25, 0.3) is 0 Å². The van der Waals surface area contributed by atoms with E-state index in [1.165, 1.54) is 0 Å². The van der Waals surface area contributed by atoms with Crippen LogP contribution in [0.1, 0.15) is 5.69 Å². The molecule has 2 aromatic heterocycles. The molecule has 22 heavy (non-hydrogen) atoms. The number of hydrogen-bond acceptors (Lipinski definition) is 5. The van der Waals surface area contributed by atoms with Gasteiger partial charge in [0.15, 0.2) is 5.82 Å². The molecule has 110 valence electrons. The van der Waals surface area contributed by atoms with Crippen LogP contribution in [0.4, 0.5) is 0 Å². The Morgan fingerprint density at radius 2 is 2.05 bits per heavy atom. The van der Waals surface area contributed by atoms with Gasteiger partial charge in [-0.2, -0.15) is 14.9 Å². The van der Waals surface area contributed by atoms with Crippen molar-refractivity contribution in [3.8, 4) is 17.1 Å². The molecule has 0 atom stereocenters. The van der Waals surface area contributed by atoms with Crippen molar-refractivity contribution in [1.82, 2.24) is 19.9 Å². The van der Waals surface area contributed by atoms with Crippen LogP contribution in [-0.2, 0) is 0 Å². The van der Waals surface area contributed by atoms with Gasteiger partial charge in [0.05, 0.1) is 24.6 Å². The zero-order chi connectivity index (χ0) is 15.4. The first kappa shape index (κ1) is 14.2. The standard InChI is InChI=1S/C15H13N5OS/c1-21-13-8-3-2-7-12(13)14-18-19-15(22)20(14)17-10-11-6-4-5-9-16-11/h2-10H,1H3,(H,19,22)/b17-10-. The summed E-state index contributed by atoms with van der Waals surface area (Å²) in [5.74, 6) is 1.28. The van der Waals surface area contributed by atoms with Gasteiger partial charge in [-0.1, -0.05) is 18.2 Å². The lowest BCUT2D eigenvalue weighted by atomic mass is 10.2. The highest BCUT2D eigenvalue weighted by molar-refractivity contribution is 7.71. The second-order valence-corrected chi connectivity index (χ2v) is 4.75. The fourth-order valence-corrected chi connectivity index (χ4v) is 2.15. The number of nitrogens with zero attached hydrogens (tertiary/aromatic N) is 4. The van der Waals surface area contributed by atoms with Crippen LogP contribution >= 0.6 is 12.2 Å². The van der Waals surface area contributed by atoms with Gasteiger partial charge >= 0.3 is 0 Å². The Kier molecular flexibility index (Phi) is 4.06. The number of hydrogen-bond donors (Lipinski definition) is 1. The lowest BCUT2D eigenvalue weighted by Gasteiger charge is -2.06. The van der Waals surface area contributed by atoms with Crippen LogP contribution in [0, 0.1) is 4.77 Å². The molecule has 0 saturated heterocycles. The molecule has 3 rings (SSSR count). The summed E-state index contributed by atoms with van der Waals surface area (Å²) >= 11 is 5.24. The first-order valence-electron chi connectivity index (χ1n) is 6.56. The van der Waals surface area contributed by atoms with E-state index in [-0.39, 0.29) is 0 Å². The van der Waals surface area contributed by atoms with Crippen molar-refractivity contribution in [2.75, 3.05) is 7.11 Å². The predicted molar refractivity (Wildman–Crippen MR) is 86.6 cm³/mol.